The highest BCUT2D eigenvalue weighted by molar-refractivity contribution is 6.21. The van der Waals surface area contributed by atoms with E-state index in [0.29, 0.717) is 10.9 Å². The fourth-order valence-corrected chi connectivity index (χ4v) is 3.75. The molecule has 0 amide bonds. The summed E-state index contributed by atoms with van der Waals surface area (Å²) in [5.41, 5.74) is 0.501. The number of hydrogen-bond donors (Lipinski definition) is 0. The van der Waals surface area contributed by atoms with Crippen LogP contribution in [0.15, 0.2) is 0 Å². The van der Waals surface area contributed by atoms with Crippen molar-refractivity contribution in [3.05, 3.63) is 0 Å². The van der Waals surface area contributed by atoms with Crippen LogP contribution in [0.3, 0.4) is 0 Å². The Morgan fingerprint density at radius 1 is 1.54 bits per heavy atom. The summed E-state index contributed by atoms with van der Waals surface area (Å²) in [7, 11) is 0. The van der Waals surface area contributed by atoms with Crippen molar-refractivity contribution in [2.24, 2.45) is 5.92 Å². The number of alkyl halides is 1. The van der Waals surface area contributed by atoms with E-state index in [-0.39, 0.29) is 0 Å². The fourth-order valence-electron chi connectivity index (χ4n) is 3.30. The zero-order chi connectivity index (χ0) is 9.47. The zero-order valence-corrected chi connectivity index (χ0v) is 9.48. The van der Waals surface area contributed by atoms with Crippen LogP contribution in [0, 0.1) is 5.92 Å². The Labute approximate surface area is 86.4 Å². The predicted octanol–water partition coefficient (Wildman–Crippen LogP) is 2.88. The van der Waals surface area contributed by atoms with Crippen LogP contribution in [0.2, 0.25) is 0 Å². The van der Waals surface area contributed by atoms with Gasteiger partial charge in [-0.15, -0.1) is 11.6 Å². The van der Waals surface area contributed by atoms with E-state index in [1.54, 1.807) is 0 Å². The van der Waals surface area contributed by atoms with Crippen molar-refractivity contribution < 1.29 is 0 Å². The lowest BCUT2D eigenvalue weighted by Gasteiger charge is -2.33. The summed E-state index contributed by atoms with van der Waals surface area (Å²) in [6.07, 6.45) is 5.34. The smallest absolute Gasteiger partial charge is 0.0481 e. The van der Waals surface area contributed by atoms with Gasteiger partial charge in [-0.05, 0) is 38.1 Å². The first-order chi connectivity index (χ1) is 6.12. The molecule has 0 aromatic carbocycles. The van der Waals surface area contributed by atoms with Crippen LogP contribution in [0.4, 0.5) is 0 Å². The SMILES string of the molecule is CC(C)C[C@@]12CCCN1C[C@H](Cl)C2. The van der Waals surface area contributed by atoms with Crippen LogP contribution in [-0.2, 0) is 0 Å². The van der Waals surface area contributed by atoms with Gasteiger partial charge in [0.1, 0.15) is 0 Å². The first-order valence-electron chi connectivity index (χ1n) is 5.51. The molecule has 2 aliphatic heterocycles. The van der Waals surface area contributed by atoms with Crippen LogP contribution >= 0.6 is 11.6 Å². The number of fused-ring (bicyclic) bond motifs is 1. The molecule has 0 radical (unpaired) electrons. The summed E-state index contributed by atoms with van der Waals surface area (Å²) in [5, 5.41) is 0.416. The van der Waals surface area contributed by atoms with E-state index in [4.69, 9.17) is 11.6 Å². The van der Waals surface area contributed by atoms with Gasteiger partial charge >= 0.3 is 0 Å². The van der Waals surface area contributed by atoms with E-state index in [1.165, 1.54) is 32.2 Å². The molecular formula is C11H20ClN. The molecule has 0 spiro atoms. The molecule has 2 heteroatoms. The Morgan fingerprint density at radius 2 is 2.31 bits per heavy atom. The van der Waals surface area contributed by atoms with Crippen LogP contribution in [-0.4, -0.2) is 28.9 Å². The van der Waals surface area contributed by atoms with Crippen molar-refractivity contribution in [1.82, 2.24) is 4.90 Å². The highest BCUT2D eigenvalue weighted by atomic mass is 35.5. The summed E-state index contributed by atoms with van der Waals surface area (Å²) >= 11 is 6.25. The van der Waals surface area contributed by atoms with Crippen LogP contribution in [0.5, 0.6) is 0 Å². The Kier molecular flexibility index (Phi) is 2.59. The molecule has 0 aromatic rings. The van der Waals surface area contributed by atoms with Gasteiger partial charge in [0.2, 0.25) is 0 Å². The Bertz CT molecular complexity index is 193. The van der Waals surface area contributed by atoms with Gasteiger partial charge in [-0.2, -0.15) is 0 Å². The molecule has 0 aliphatic carbocycles. The summed E-state index contributed by atoms with van der Waals surface area (Å²) in [6, 6.07) is 0. The topological polar surface area (TPSA) is 3.24 Å². The predicted molar refractivity (Wildman–Crippen MR) is 57.3 cm³/mol. The van der Waals surface area contributed by atoms with Crippen molar-refractivity contribution in [3.8, 4) is 0 Å². The molecule has 13 heavy (non-hydrogen) atoms. The molecule has 2 aliphatic rings. The third kappa shape index (κ3) is 1.73. The lowest BCUT2D eigenvalue weighted by Crippen LogP contribution is -2.39. The van der Waals surface area contributed by atoms with Gasteiger partial charge in [0.25, 0.3) is 0 Å². The van der Waals surface area contributed by atoms with Crippen molar-refractivity contribution in [1.29, 1.82) is 0 Å². The highest BCUT2D eigenvalue weighted by Gasteiger charge is 2.47. The third-order valence-corrected chi connectivity index (χ3v) is 3.84. The van der Waals surface area contributed by atoms with E-state index in [0.717, 1.165) is 12.5 Å². The van der Waals surface area contributed by atoms with Crippen molar-refractivity contribution in [3.63, 3.8) is 0 Å². The third-order valence-electron chi connectivity index (χ3n) is 3.55. The van der Waals surface area contributed by atoms with Crippen molar-refractivity contribution >= 4 is 11.6 Å². The lowest BCUT2D eigenvalue weighted by molar-refractivity contribution is 0.163. The summed E-state index contributed by atoms with van der Waals surface area (Å²) in [4.78, 5) is 2.64. The van der Waals surface area contributed by atoms with Crippen LogP contribution in [0.25, 0.3) is 0 Å². The molecule has 0 unspecified atom stereocenters. The maximum Gasteiger partial charge on any atom is 0.0481 e. The molecule has 0 saturated carbocycles. The number of nitrogens with zero attached hydrogens (tertiary/aromatic N) is 1. The maximum atomic E-state index is 6.25. The van der Waals surface area contributed by atoms with E-state index in [2.05, 4.69) is 18.7 Å². The molecule has 2 saturated heterocycles. The number of hydrogen-bond acceptors (Lipinski definition) is 1. The Balaban J connectivity index is 2.09. The Hall–Kier alpha value is 0.250. The average Bonchev–Trinajstić information content (AvgIpc) is 2.40. The largest absolute Gasteiger partial charge is 0.296 e. The summed E-state index contributed by atoms with van der Waals surface area (Å²) in [6.45, 7) is 7.07. The molecule has 0 aromatic heterocycles. The molecule has 2 atom stereocenters. The second kappa shape index (κ2) is 3.43. The second-order valence-corrected chi connectivity index (χ2v) is 5.79. The fraction of sp³-hybridized carbons (Fsp3) is 1.00. The number of halogens is 1. The van der Waals surface area contributed by atoms with Gasteiger partial charge in [-0.1, -0.05) is 13.8 Å². The second-order valence-electron chi connectivity index (χ2n) is 5.17. The standard InChI is InChI=1S/C11H20ClN/c1-9(2)6-11-4-3-5-13(11)8-10(12)7-11/h9-10H,3-8H2,1-2H3/t10-,11-/m1/s1. The summed E-state index contributed by atoms with van der Waals surface area (Å²) < 4.78 is 0. The van der Waals surface area contributed by atoms with Gasteiger partial charge in [-0.25, -0.2) is 0 Å². The van der Waals surface area contributed by atoms with Crippen LogP contribution < -0.4 is 0 Å². The van der Waals surface area contributed by atoms with Crippen LogP contribution in [0.1, 0.15) is 39.5 Å². The molecule has 2 heterocycles. The minimum Gasteiger partial charge on any atom is -0.296 e. The molecule has 0 bridgehead atoms. The van der Waals surface area contributed by atoms with Gasteiger partial charge < -0.3 is 0 Å². The lowest BCUT2D eigenvalue weighted by atomic mass is 9.85. The van der Waals surface area contributed by atoms with E-state index in [1.807, 2.05) is 0 Å². The molecule has 2 rings (SSSR count). The van der Waals surface area contributed by atoms with Gasteiger partial charge in [-0.3, -0.25) is 4.90 Å². The molecule has 2 fully saturated rings. The van der Waals surface area contributed by atoms with E-state index in [9.17, 15) is 0 Å². The minimum absolute atomic E-state index is 0.416. The summed E-state index contributed by atoms with van der Waals surface area (Å²) in [5.74, 6) is 0.808. The molecule has 0 N–H and O–H groups in total. The monoisotopic (exact) mass is 201 g/mol. The van der Waals surface area contributed by atoms with Crippen molar-refractivity contribution in [2.75, 3.05) is 13.1 Å². The number of rotatable bonds is 2. The zero-order valence-electron chi connectivity index (χ0n) is 8.72. The average molecular weight is 202 g/mol. The quantitative estimate of drug-likeness (QED) is 0.622. The van der Waals surface area contributed by atoms with E-state index < -0.39 is 0 Å². The Morgan fingerprint density at radius 3 is 3.00 bits per heavy atom. The molecule has 76 valence electrons. The first-order valence-corrected chi connectivity index (χ1v) is 5.95. The first kappa shape index (κ1) is 9.79. The van der Waals surface area contributed by atoms with E-state index >= 15 is 0 Å². The minimum atomic E-state index is 0.416. The highest BCUT2D eigenvalue weighted by Crippen LogP contribution is 2.44. The molecule has 1 nitrogen and oxygen atoms in total. The van der Waals surface area contributed by atoms with Gasteiger partial charge in [0.05, 0.1) is 0 Å². The van der Waals surface area contributed by atoms with Crippen molar-refractivity contribution in [2.45, 2.75) is 50.4 Å². The molecular weight excluding hydrogens is 182 g/mol. The van der Waals surface area contributed by atoms with Gasteiger partial charge in [0, 0.05) is 17.5 Å². The van der Waals surface area contributed by atoms with Gasteiger partial charge in [0.15, 0.2) is 0 Å². The normalized spacial score (nSPS) is 40.2. The maximum absolute atomic E-state index is 6.25.